The number of aromatic nitrogens is 1. The van der Waals surface area contributed by atoms with Gasteiger partial charge in [-0.3, -0.25) is 4.98 Å². The highest BCUT2D eigenvalue weighted by Gasteiger charge is 2.22. The maximum absolute atomic E-state index is 12.3. The van der Waals surface area contributed by atoms with E-state index >= 15 is 0 Å². The van der Waals surface area contributed by atoms with E-state index in [1.165, 1.54) is 6.07 Å². The van der Waals surface area contributed by atoms with Crippen molar-refractivity contribution < 1.29 is 10.3 Å². The predicted octanol–water partition coefficient (Wildman–Crippen LogP) is 2.48. The molecule has 0 aliphatic heterocycles. The van der Waals surface area contributed by atoms with Crippen LogP contribution in [0.2, 0.25) is 0 Å². The van der Waals surface area contributed by atoms with Gasteiger partial charge in [-0.2, -0.15) is 0 Å². The third-order valence-corrected chi connectivity index (χ3v) is 3.46. The number of hydrogen-bond acceptors (Lipinski definition) is 4. The summed E-state index contributed by atoms with van der Waals surface area (Å²) in [5.41, 5.74) is 0.750. The summed E-state index contributed by atoms with van der Waals surface area (Å²) in [7, 11) is 0. The van der Waals surface area contributed by atoms with Crippen LogP contribution in [0.1, 0.15) is 32.0 Å². The largest absolute Gasteiger partial charge is 0.606 e. The molecular weight excluding hydrogens is 346 g/mol. The van der Waals surface area contributed by atoms with E-state index in [0.29, 0.717) is 17.0 Å². The van der Waals surface area contributed by atoms with Crippen LogP contribution in [0.5, 0.6) is 5.75 Å². The van der Waals surface area contributed by atoms with Gasteiger partial charge in [0.2, 0.25) is 0 Å². The molecule has 2 aromatic rings. The molecule has 22 heavy (non-hydrogen) atoms. The minimum absolute atomic E-state index is 0.0112. The quantitative estimate of drug-likeness (QED) is 0.649. The average molecular weight is 364 g/mol. The van der Waals surface area contributed by atoms with Crippen molar-refractivity contribution in [3.63, 3.8) is 0 Å². The summed E-state index contributed by atoms with van der Waals surface area (Å²) >= 11 is 3.40. The zero-order valence-corrected chi connectivity index (χ0v) is 14.3. The molecule has 0 saturated heterocycles. The average Bonchev–Trinajstić information content (AvgIpc) is 2.44. The molecule has 1 heterocycles. The van der Waals surface area contributed by atoms with Crippen LogP contribution >= 0.6 is 15.9 Å². The van der Waals surface area contributed by atoms with Crippen LogP contribution < -0.4 is 5.17 Å². The second-order valence-electron chi connectivity index (χ2n) is 5.90. The fourth-order valence-electron chi connectivity index (χ4n) is 1.74. The zero-order valence-electron chi connectivity index (χ0n) is 12.7. The molecule has 0 bridgehead atoms. The van der Waals surface area contributed by atoms with Crippen molar-refractivity contribution in [3.05, 3.63) is 63.5 Å². The van der Waals surface area contributed by atoms with E-state index in [2.05, 4.69) is 26.0 Å². The molecule has 0 fully saturated rings. The van der Waals surface area contributed by atoms with Crippen LogP contribution in [-0.2, 0) is 0 Å². The lowest BCUT2D eigenvalue weighted by atomic mass is 10.1. The van der Waals surface area contributed by atoms with Gasteiger partial charge in [0.25, 0.3) is 0 Å². The first-order chi connectivity index (χ1) is 10.3. The summed E-state index contributed by atoms with van der Waals surface area (Å²) in [4.78, 5) is 4.17. The number of hydroxylamine groups is 1. The fourth-order valence-corrected chi connectivity index (χ4v) is 2.14. The Morgan fingerprint density at radius 2 is 2.00 bits per heavy atom. The van der Waals surface area contributed by atoms with Crippen molar-refractivity contribution >= 4 is 21.6 Å². The molecular formula is C16H18BrN3O2. The zero-order chi connectivity index (χ0) is 16.3. The summed E-state index contributed by atoms with van der Waals surface area (Å²) in [5.74, 6) is -0.0112. The summed E-state index contributed by atoms with van der Waals surface area (Å²) in [5, 5.41) is 26.3. The molecule has 0 amide bonds. The van der Waals surface area contributed by atoms with Gasteiger partial charge in [-0.15, -0.1) is 0 Å². The van der Waals surface area contributed by atoms with Crippen molar-refractivity contribution in [1.29, 1.82) is 0 Å². The standard InChI is InChI=1S/C16H18BrN3O2/c1-16(2,3)20(22)19-14(11-6-4-7-12(17)10-11)15-13(21)8-5-9-18-15/h4-10,20-21H,1-3H3. The second-order valence-corrected chi connectivity index (χ2v) is 6.81. The second kappa shape index (κ2) is 6.56. The molecule has 2 rings (SSSR count). The third kappa shape index (κ3) is 3.91. The molecule has 1 unspecified atom stereocenters. The van der Waals surface area contributed by atoms with Gasteiger partial charge in [-0.05, 0) is 45.0 Å². The van der Waals surface area contributed by atoms with Gasteiger partial charge < -0.3 is 10.3 Å². The molecule has 0 saturated carbocycles. The van der Waals surface area contributed by atoms with Gasteiger partial charge in [-0.25, -0.2) is 5.17 Å². The number of hydrogen-bond donors (Lipinski definition) is 2. The Morgan fingerprint density at radius 3 is 2.59 bits per heavy atom. The molecule has 0 aliphatic carbocycles. The van der Waals surface area contributed by atoms with E-state index in [-0.39, 0.29) is 10.9 Å². The first-order valence-corrected chi connectivity index (χ1v) is 7.62. The molecule has 1 aromatic heterocycles. The maximum Gasteiger partial charge on any atom is 0.155 e. The highest BCUT2D eigenvalue weighted by atomic mass is 79.9. The molecule has 5 nitrogen and oxygen atoms in total. The van der Waals surface area contributed by atoms with Crippen LogP contribution in [-0.4, -0.2) is 21.3 Å². The maximum atomic E-state index is 12.3. The van der Waals surface area contributed by atoms with Gasteiger partial charge in [0, 0.05) is 16.2 Å². The Labute approximate surface area is 138 Å². The Hall–Kier alpha value is -1.76. The first-order valence-electron chi connectivity index (χ1n) is 6.82. The minimum Gasteiger partial charge on any atom is -0.606 e. The fraction of sp³-hybridized carbons (Fsp3) is 0.250. The topological polar surface area (TPSA) is 73.0 Å². The molecule has 6 heteroatoms. The van der Waals surface area contributed by atoms with Gasteiger partial charge in [0.1, 0.15) is 17.0 Å². The van der Waals surface area contributed by atoms with Crippen LogP contribution in [0, 0.1) is 5.21 Å². The van der Waals surface area contributed by atoms with Crippen molar-refractivity contribution in [3.8, 4) is 5.75 Å². The number of rotatable bonds is 3. The summed E-state index contributed by atoms with van der Waals surface area (Å²) < 4.78 is 0.858. The Kier molecular flexibility index (Phi) is 4.95. The van der Waals surface area contributed by atoms with E-state index in [0.717, 1.165) is 4.47 Å². The monoisotopic (exact) mass is 363 g/mol. The van der Waals surface area contributed by atoms with Gasteiger partial charge in [0.15, 0.2) is 5.71 Å². The van der Waals surface area contributed by atoms with Crippen molar-refractivity contribution in [1.82, 2.24) is 4.98 Å². The van der Waals surface area contributed by atoms with Crippen LogP contribution in [0.3, 0.4) is 0 Å². The van der Waals surface area contributed by atoms with Crippen LogP contribution in [0.15, 0.2) is 52.2 Å². The third-order valence-electron chi connectivity index (χ3n) is 2.96. The highest BCUT2D eigenvalue weighted by molar-refractivity contribution is 9.10. The Bertz CT molecular complexity index is 696. The van der Waals surface area contributed by atoms with E-state index in [9.17, 15) is 10.3 Å². The molecule has 1 atom stereocenters. The van der Waals surface area contributed by atoms with E-state index in [1.54, 1.807) is 33.0 Å². The van der Waals surface area contributed by atoms with Gasteiger partial charge in [-0.1, -0.05) is 33.2 Å². The summed E-state index contributed by atoms with van der Waals surface area (Å²) in [6, 6.07) is 10.5. The number of nitrogens with zero attached hydrogens (tertiary/aromatic N) is 2. The van der Waals surface area contributed by atoms with E-state index in [4.69, 9.17) is 0 Å². The molecule has 0 aliphatic rings. The molecule has 0 radical (unpaired) electrons. The van der Waals surface area contributed by atoms with Crippen molar-refractivity contribution in [2.24, 2.45) is 5.10 Å². The van der Waals surface area contributed by atoms with E-state index < -0.39 is 5.54 Å². The lowest BCUT2D eigenvalue weighted by Crippen LogP contribution is -3.10. The normalized spacial score (nSPS) is 14.0. The van der Waals surface area contributed by atoms with Crippen molar-refractivity contribution in [2.75, 3.05) is 0 Å². The number of halogens is 1. The lowest BCUT2D eigenvalue weighted by Gasteiger charge is -2.30. The number of nitrogens with one attached hydrogen (secondary N) is 1. The molecule has 116 valence electrons. The lowest BCUT2D eigenvalue weighted by molar-refractivity contribution is -0.905. The number of aromatic hydroxyl groups is 1. The van der Waals surface area contributed by atoms with E-state index in [1.807, 2.05) is 24.3 Å². The molecule has 2 N–H and O–H groups in total. The minimum atomic E-state index is -0.609. The Morgan fingerprint density at radius 1 is 1.27 bits per heavy atom. The van der Waals surface area contributed by atoms with Crippen LogP contribution in [0.4, 0.5) is 0 Å². The highest BCUT2D eigenvalue weighted by Crippen LogP contribution is 2.20. The van der Waals surface area contributed by atoms with Crippen LogP contribution in [0.25, 0.3) is 0 Å². The van der Waals surface area contributed by atoms with Crippen molar-refractivity contribution in [2.45, 2.75) is 26.3 Å². The predicted molar refractivity (Wildman–Crippen MR) is 89.8 cm³/mol. The molecule has 0 spiro atoms. The van der Waals surface area contributed by atoms with Gasteiger partial charge in [0.05, 0.1) is 0 Å². The molecule has 1 aromatic carbocycles. The summed E-state index contributed by atoms with van der Waals surface area (Å²) in [6.07, 6.45) is 1.56. The smallest absolute Gasteiger partial charge is 0.155 e. The summed E-state index contributed by atoms with van der Waals surface area (Å²) in [6.45, 7) is 5.40. The SMILES string of the molecule is CC(C)(C)[NH+]([O-])N=C(c1cccc(Br)c1)c1ncccc1O. The number of pyridine rings is 1. The van der Waals surface area contributed by atoms with Gasteiger partial charge >= 0.3 is 0 Å². The number of quaternary nitrogens is 1. The first kappa shape index (κ1) is 16.6. The number of benzene rings is 1. The Balaban J connectivity index is 2.60.